The third kappa shape index (κ3) is 6.80. The third-order valence-corrected chi connectivity index (χ3v) is 11.7. The number of thiophene rings is 1. The van der Waals surface area contributed by atoms with Crippen molar-refractivity contribution in [2.75, 3.05) is 37.7 Å². The molecular weight excluding hydrogens is 583 g/mol. The summed E-state index contributed by atoms with van der Waals surface area (Å²) in [5.74, 6) is -4.24. The molecule has 2 N–H and O–H groups in total. The van der Waals surface area contributed by atoms with Gasteiger partial charge in [0.2, 0.25) is 5.91 Å². The van der Waals surface area contributed by atoms with Gasteiger partial charge < -0.3 is 9.64 Å². The van der Waals surface area contributed by atoms with Crippen molar-refractivity contribution in [1.29, 1.82) is 0 Å². The van der Waals surface area contributed by atoms with Gasteiger partial charge in [0.1, 0.15) is 4.21 Å². The molecule has 0 radical (unpaired) electrons. The molecule has 1 aromatic carbocycles. The fraction of sp³-hybridized carbons (Fsp3) is 0.478. The quantitative estimate of drug-likeness (QED) is 0.386. The first kappa shape index (κ1) is 29.5. The van der Waals surface area contributed by atoms with E-state index >= 15 is 0 Å². The summed E-state index contributed by atoms with van der Waals surface area (Å²) in [6.07, 6.45) is -6.73. The number of hydrogen-bond donors (Lipinski definition) is 1. The predicted molar refractivity (Wildman–Crippen MR) is 135 cm³/mol. The molecule has 1 amide bonds. The van der Waals surface area contributed by atoms with E-state index < -0.39 is 44.2 Å². The van der Waals surface area contributed by atoms with Gasteiger partial charge in [0, 0.05) is 26.2 Å². The van der Waals surface area contributed by atoms with Gasteiger partial charge in [-0.3, -0.25) is 10.5 Å². The topological polar surface area (TPSA) is 144 Å². The Hall–Kier alpha value is -2.53. The van der Waals surface area contributed by atoms with Gasteiger partial charge in [0.05, 0.1) is 22.3 Å². The number of alkyl halides is 3. The lowest BCUT2D eigenvalue weighted by atomic mass is 9.85. The van der Waals surface area contributed by atoms with Crippen molar-refractivity contribution in [3.8, 4) is 0 Å². The number of nitrogens with two attached hydrogens (primary N) is 1. The minimum Gasteiger partial charge on any atom is -0.435 e. The summed E-state index contributed by atoms with van der Waals surface area (Å²) in [5, 5.41) is 0. The zero-order valence-corrected chi connectivity index (χ0v) is 22.9. The number of hydrogen-bond acceptors (Lipinski definition) is 9. The standard InChI is InChI=1S/C23H26F3N3O7S3/c24-23(25,26)22(31)36-20(27)18-6-7-19(37-18)39(34,35)29-13-16(15-4-2-1-3-5-15)12-17(14-29)21(30)28-8-10-38(32,33)11-9-28/h1-7,16-17,20H,8-14,27H2/t16-,17-,20?/m1/s1. The molecule has 2 aromatic rings. The molecule has 2 aliphatic rings. The number of piperidine rings is 1. The SMILES string of the molecule is NC(OC(=O)C(F)(F)F)c1ccc(S(=O)(=O)N2C[C@H](C(=O)N3CCS(=O)(=O)CC3)C[C@@H](c3ccccc3)C2)s1. The molecule has 0 aliphatic carbocycles. The van der Waals surface area contributed by atoms with Crippen LogP contribution in [0, 0.1) is 5.92 Å². The Labute approximate surface area is 227 Å². The Balaban J connectivity index is 1.57. The molecule has 2 saturated heterocycles. The van der Waals surface area contributed by atoms with Gasteiger partial charge in [-0.1, -0.05) is 30.3 Å². The average molecular weight is 610 g/mol. The second-order valence-electron chi connectivity index (χ2n) is 9.32. The Morgan fingerprint density at radius 3 is 2.31 bits per heavy atom. The van der Waals surface area contributed by atoms with E-state index in [0.717, 1.165) is 15.9 Å². The van der Waals surface area contributed by atoms with Crippen LogP contribution in [0.25, 0.3) is 0 Å². The second kappa shape index (κ2) is 11.2. The van der Waals surface area contributed by atoms with Gasteiger partial charge in [-0.05, 0) is 30.0 Å². The highest BCUT2D eigenvalue weighted by atomic mass is 32.2. The number of carbonyl (C=O) groups is 2. The van der Waals surface area contributed by atoms with Crippen molar-refractivity contribution in [2.24, 2.45) is 11.7 Å². The van der Waals surface area contributed by atoms with Gasteiger partial charge in [0.25, 0.3) is 10.0 Å². The Morgan fingerprint density at radius 2 is 1.69 bits per heavy atom. The van der Waals surface area contributed by atoms with E-state index in [0.29, 0.717) is 17.8 Å². The Morgan fingerprint density at radius 1 is 1.05 bits per heavy atom. The van der Waals surface area contributed by atoms with Crippen LogP contribution < -0.4 is 5.73 Å². The molecule has 1 unspecified atom stereocenters. The van der Waals surface area contributed by atoms with Gasteiger partial charge in [-0.15, -0.1) is 11.3 Å². The van der Waals surface area contributed by atoms with Crippen LogP contribution in [-0.4, -0.2) is 81.8 Å². The highest BCUT2D eigenvalue weighted by molar-refractivity contribution is 7.91. The van der Waals surface area contributed by atoms with Crippen molar-refractivity contribution < 1.29 is 44.3 Å². The zero-order valence-electron chi connectivity index (χ0n) is 20.4. The van der Waals surface area contributed by atoms with Crippen LogP contribution in [0.4, 0.5) is 13.2 Å². The lowest BCUT2D eigenvalue weighted by molar-refractivity contribution is -0.205. The number of benzene rings is 1. The summed E-state index contributed by atoms with van der Waals surface area (Å²) in [4.78, 5) is 25.8. The highest BCUT2D eigenvalue weighted by Crippen LogP contribution is 2.37. The molecule has 3 heterocycles. The van der Waals surface area contributed by atoms with E-state index in [9.17, 15) is 39.6 Å². The molecule has 3 atom stereocenters. The molecule has 0 saturated carbocycles. The molecule has 4 rings (SSSR count). The van der Waals surface area contributed by atoms with Crippen LogP contribution in [0.3, 0.4) is 0 Å². The molecular formula is C23H26F3N3O7S3. The van der Waals surface area contributed by atoms with Crippen molar-refractivity contribution in [1.82, 2.24) is 9.21 Å². The second-order valence-corrected chi connectivity index (χ2v) is 14.9. The normalized spacial score (nSPS) is 23.2. The summed E-state index contributed by atoms with van der Waals surface area (Å²) < 4.78 is 93.5. The first-order chi connectivity index (χ1) is 18.2. The van der Waals surface area contributed by atoms with Crippen LogP contribution in [0.1, 0.15) is 29.0 Å². The van der Waals surface area contributed by atoms with Crippen molar-refractivity contribution in [3.05, 3.63) is 52.9 Å². The number of ether oxygens (including phenoxy) is 1. The molecule has 0 bridgehead atoms. The smallest absolute Gasteiger partial charge is 0.435 e. The molecule has 10 nitrogen and oxygen atoms in total. The predicted octanol–water partition coefficient (Wildman–Crippen LogP) is 1.86. The van der Waals surface area contributed by atoms with E-state index in [1.54, 1.807) is 18.2 Å². The Bertz CT molecular complexity index is 1420. The number of halogens is 3. The summed E-state index contributed by atoms with van der Waals surface area (Å²) in [5.41, 5.74) is 6.38. The van der Waals surface area contributed by atoms with E-state index in [1.807, 2.05) is 12.1 Å². The largest absolute Gasteiger partial charge is 0.490 e. The number of rotatable bonds is 6. The van der Waals surface area contributed by atoms with Gasteiger partial charge >= 0.3 is 12.1 Å². The lowest BCUT2D eigenvalue weighted by Gasteiger charge is -2.39. The number of esters is 1. The van der Waals surface area contributed by atoms with E-state index in [2.05, 4.69) is 4.74 Å². The maximum atomic E-state index is 13.6. The monoisotopic (exact) mass is 609 g/mol. The number of sulfone groups is 1. The zero-order chi connectivity index (χ0) is 28.6. The number of nitrogens with zero attached hydrogens (tertiary/aromatic N) is 2. The van der Waals surface area contributed by atoms with Gasteiger partial charge in [0.15, 0.2) is 16.1 Å². The molecule has 0 spiro atoms. The van der Waals surface area contributed by atoms with Gasteiger partial charge in [-0.25, -0.2) is 21.6 Å². The number of carbonyl (C=O) groups excluding carboxylic acids is 2. The Kier molecular flexibility index (Phi) is 8.42. The van der Waals surface area contributed by atoms with Crippen LogP contribution in [0.15, 0.2) is 46.7 Å². The molecule has 214 valence electrons. The summed E-state index contributed by atoms with van der Waals surface area (Å²) in [7, 11) is -7.45. The molecule has 1 aromatic heterocycles. The first-order valence-corrected chi connectivity index (χ1v) is 15.9. The molecule has 16 heteroatoms. The van der Waals surface area contributed by atoms with E-state index in [1.165, 1.54) is 11.0 Å². The van der Waals surface area contributed by atoms with E-state index in [4.69, 9.17) is 5.73 Å². The highest BCUT2D eigenvalue weighted by Gasteiger charge is 2.43. The minimum absolute atomic E-state index is 0.0310. The lowest BCUT2D eigenvalue weighted by Crippen LogP contribution is -2.51. The van der Waals surface area contributed by atoms with Crippen molar-refractivity contribution >= 4 is 43.1 Å². The van der Waals surface area contributed by atoms with E-state index in [-0.39, 0.29) is 58.6 Å². The first-order valence-electron chi connectivity index (χ1n) is 11.8. The third-order valence-electron chi connectivity index (χ3n) is 6.64. The molecule has 39 heavy (non-hydrogen) atoms. The maximum Gasteiger partial charge on any atom is 0.490 e. The minimum atomic E-state index is -5.26. The number of amides is 1. The van der Waals surface area contributed by atoms with Crippen molar-refractivity contribution in [3.63, 3.8) is 0 Å². The fourth-order valence-corrected chi connectivity index (χ4v) is 8.73. The summed E-state index contributed by atoms with van der Waals surface area (Å²) >= 11 is 0.567. The van der Waals surface area contributed by atoms with Crippen LogP contribution in [0.2, 0.25) is 0 Å². The average Bonchev–Trinajstić information content (AvgIpc) is 3.39. The van der Waals surface area contributed by atoms with Crippen LogP contribution in [-0.2, 0) is 34.2 Å². The number of sulfonamides is 1. The summed E-state index contributed by atoms with van der Waals surface area (Å²) in [6.45, 7) is -0.0462. The van der Waals surface area contributed by atoms with Gasteiger partial charge in [-0.2, -0.15) is 17.5 Å². The van der Waals surface area contributed by atoms with Crippen LogP contribution in [0.5, 0.6) is 0 Å². The molecule has 2 aliphatic heterocycles. The fourth-order valence-electron chi connectivity index (χ4n) is 4.58. The van der Waals surface area contributed by atoms with Crippen LogP contribution >= 0.6 is 11.3 Å². The summed E-state index contributed by atoms with van der Waals surface area (Å²) in [6, 6.07) is 11.4. The van der Waals surface area contributed by atoms with Crippen molar-refractivity contribution in [2.45, 2.75) is 29.0 Å². The molecule has 2 fully saturated rings. The maximum absolute atomic E-state index is 13.6.